The molecule has 0 amide bonds. The molecule has 0 saturated carbocycles. The van der Waals surface area contributed by atoms with Gasteiger partial charge in [0.15, 0.2) is 0 Å². The lowest BCUT2D eigenvalue weighted by Gasteiger charge is -2.51. The van der Waals surface area contributed by atoms with E-state index >= 15 is 0 Å². The predicted molar refractivity (Wildman–Crippen MR) is 81.6 cm³/mol. The average Bonchev–Trinajstić information content (AvgIpc) is 2.22. The van der Waals surface area contributed by atoms with Gasteiger partial charge in [-0.05, 0) is 27.7 Å². The highest BCUT2D eigenvalue weighted by Gasteiger charge is 2.51. The topological polar surface area (TPSA) is 167 Å². The third kappa shape index (κ3) is 6.57. The summed E-state index contributed by atoms with van der Waals surface area (Å²) >= 11 is 0. The molecule has 0 fully saturated rings. The predicted octanol–water partition coefficient (Wildman–Crippen LogP) is 2.96. The van der Waals surface area contributed by atoms with Gasteiger partial charge >= 0.3 is 24.3 Å². The van der Waals surface area contributed by atoms with Gasteiger partial charge in [-0.25, -0.2) is 4.57 Å². The van der Waals surface area contributed by atoms with Crippen molar-refractivity contribution in [3.05, 3.63) is 0 Å². The zero-order valence-corrected chi connectivity index (χ0v) is 16.3. The van der Waals surface area contributed by atoms with E-state index in [0.717, 1.165) is 0 Å². The van der Waals surface area contributed by atoms with Gasteiger partial charge in [0.25, 0.3) is 0 Å². The molecule has 2 unspecified atom stereocenters. The van der Waals surface area contributed by atoms with Crippen molar-refractivity contribution >= 4 is 24.3 Å². The summed E-state index contributed by atoms with van der Waals surface area (Å²) in [6.07, 6.45) is 0. The second-order valence-electron chi connectivity index (χ2n) is 6.23. The van der Waals surface area contributed by atoms with Crippen LogP contribution in [0.15, 0.2) is 10.3 Å². The van der Waals surface area contributed by atoms with Crippen molar-refractivity contribution in [1.82, 2.24) is 5.43 Å². The van der Waals surface area contributed by atoms with Gasteiger partial charge in [-0.15, -0.1) is 9.79 Å². The van der Waals surface area contributed by atoms with E-state index in [4.69, 9.17) is 14.7 Å². The zero-order chi connectivity index (χ0) is 18.7. The highest BCUT2D eigenvalue weighted by atomic mass is 31.3. The minimum atomic E-state index is -4.87. The second kappa shape index (κ2) is 7.68. The highest BCUT2D eigenvalue weighted by molar-refractivity contribution is 7.60. The van der Waals surface area contributed by atoms with Crippen molar-refractivity contribution in [3.8, 4) is 0 Å². The maximum absolute atomic E-state index is 10.3. The van der Waals surface area contributed by atoms with Crippen molar-refractivity contribution in [3.63, 3.8) is 0 Å². The monoisotopic (exact) mass is 393 g/mol. The van der Waals surface area contributed by atoms with Crippen LogP contribution in [0, 0.1) is 5.41 Å². The van der Waals surface area contributed by atoms with Crippen LogP contribution in [0.25, 0.3) is 0 Å². The van der Waals surface area contributed by atoms with Crippen LogP contribution < -0.4 is 5.43 Å². The Morgan fingerprint density at radius 2 is 1.39 bits per heavy atom. The zero-order valence-electron chi connectivity index (χ0n) is 13.6. The van der Waals surface area contributed by atoms with Gasteiger partial charge in [-0.3, -0.25) is 10.3 Å². The smallest absolute Gasteiger partial charge is 0.297 e. The SMILES string of the molecule is CC1(C)N=NNC(C)(C)C1(C)C.O=[P+](O)OP(=O)(O)O[P+](=O)O. The van der Waals surface area contributed by atoms with Crippen LogP contribution in [-0.4, -0.2) is 25.8 Å². The summed E-state index contributed by atoms with van der Waals surface area (Å²) in [6.45, 7) is 13.0. The fourth-order valence-electron chi connectivity index (χ4n) is 1.50. The fraction of sp³-hybridized carbons (Fsp3) is 1.00. The Labute approximate surface area is 136 Å². The second-order valence-corrected chi connectivity index (χ2v) is 9.42. The van der Waals surface area contributed by atoms with E-state index in [-0.39, 0.29) is 16.5 Å². The minimum absolute atomic E-state index is 0.00174. The maximum atomic E-state index is 10.3. The first-order chi connectivity index (χ1) is 10.0. The molecule has 0 aliphatic carbocycles. The Morgan fingerprint density at radius 1 is 1.00 bits per heavy atom. The Bertz CT molecular complexity index is 528. The van der Waals surface area contributed by atoms with Crippen molar-refractivity contribution in [2.75, 3.05) is 0 Å². The summed E-state index contributed by atoms with van der Waals surface area (Å²) in [7, 11) is -11.6. The molecular weight excluding hydrogens is 371 g/mol. The Hall–Kier alpha value is -0.370. The maximum Gasteiger partial charge on any atom is 0.705 e. The molecule has 1 aliphatic rings. The number of nitrogens with one attached hydrogen (secondary N) is 1. The van der Waals surface area contributed by atoms with Crippen LogP contribution in [0.1, 0.15) is 41.5 Å². The molecule has 11 nitrogen and oxygen atoms in total. The molecule has 0 radical (unpaired) electrons. The van der Waals surface area contributed by atoms with E-state index in [0.29, 0.717) is 0 Å². The van der Waals surface area contributed by atoms with Crippen LogP contribution in [0.5, 0.6) is 0 Å². The molecule has 0 spiro atoms. The quantitative estimate of drug-likeness (QED) is 0.525. The van der Waals surface area contributed by atoms with E-state index in [2.05, 4.69) is 65.9 Å². The van der Waals surface area contributed by atoms with Gasteiger partial charge in [0.05, 0.1) is 11.1 Å². The third-order valence-electron chi connectivity index (χ3n) is 4.07. The first-order valence-electron chi connectivity index (χ1n) is 6.28. The molecule has 0 aromatic rings. The average molecular weight is 393 g/mol. The van der Waals surface area contributed by atoms with Gasteiger partial charge in [0.2, 0.25) is 0 Å². The lowest BCUT2D eigenvalue weighted by molar-refractivity contribution is 0.0403. The number of nitrogens with zero attached hydrogens (tertiary/aromatic N) is 2. The van der Waals surface area contributed by atoms with Crippen LogP contribution in [0.4, 0.5) is 0 Å². The molecule has 23 heavy (non-hydrogen) atoms. The van der Waals surface area contributed by atoms with Crippen LogP contribution in [0.2, 0.25) is 0 Å². The van der Waals surface area contributed by atoms with Crippen molar-refractivity contribution in [2.45, 2.75) is 52.6 Å². The molecule has 2 atom stereocenters. The van der Waals surface area contributed by atoms with Gasteiger partial charge in [-0.2, -0.15) is 5.11 Å². The van der Waals surface area contributed by atoms with E-state index in [1.54, 1.807) is 0 Å². The van der Waals surface area contributed by atoms with Crippen LogP contribution in [-0.2, 0) is 22.3 Å². The molecule has 0 bridgehead atoms. The van der Waals surface area contributed by atoms with Crippen LogP contribution in [0.3, 0.4) is 0 Å². The van der Waals surface area contributed by atoms with Gasteiger partial charge in [0, 0.05) is 23.2 Å². The largest absolute Gasteiger partial charge is 0.705 e. The molecular formula is C9H22N3O8P3+2. The summed E-state index contributed by atoms with van der Waals surface area (Å²) < 4.78 is 36.4. The number of rotatable bonds is 4. The molecule has 0 saturated heterocycles. The summed E-state index contributed by atoms with van der Waals surface area (Å²) in [6, 6.07) is 0. The molecule has 1 heterocycles. The molecule has 1 rings (SSSR count). The molecule has 4 N–H and O–H groups in total. The Balaban J connectivity index is 0.000000423. The highest BCUT2D eigenvalue weighted by Crippen LogP contribution is 2.55. The van der Waals surface area contributed by atoms with E-state index in [1.807, 2.05) is 0 Å². The molecule has 14 heteroatoms. The van der Waals surface area contributed by atoms with E-state index in [1.165, 1.54) is 0 Å². The lowest BCUT2D eigenvalue weighted by atomic mass is 9.63. The third-order valence-corrected chi connectivity index (χ3v) is 6.84. The Morgan fingerprint density at radius 3 is 1.65 bits per heavy atom. The van der Waals surface area contributed by atoms with E-state index in [9.17, 15) is 13.7 Å². The first kappa shape index (κ1) is 22.6. The molecule has 0 aromatic heterocycles. The Kier molecular flexibility index (Phi) is 7.55. The molecule has 1 aliphatic heterocycles. The summed E-state index contributed by atoms with van der Waals surface area (Å²) in [5.41, 5.74) is 3.06. The number of hydrogen-bond donors (Lipinski definition) is 4. The lowest BCUT2D eigenvalue weighted by Crippen LogP contribution is -2.60. The number of phosphoric acid groups is 1. The van der Waals surface area contributed by atoms with Crippen LogP contribution >= 0.6 is 24.3 Å². The summed E-state index contributed by atoms with van der Waals surface area (Å²) in [5.74, 6) is 0. The standard InChI is InChI=1S/C9H19N3.HO8P3/c1-7(2)8(3,4)10-12-11-9(7,5)6;1-9(2)7-11(5,6)8-10(3)4/h1-6H3,(H,10,11);(H-2,1,2,3,4,5,6)/p+2. The summed E-state index contributed by atoms with van der Waals surface area (Å²) in [4.78, 5) is 24.1. The van der Waals surface area contributed by atoms with Crippen molar-refractivity contribution in [1.29, 1.82) is 0 Å². The van der Waals surface area contributed by atoms with Gasteiger partial charge < -0.3 is 0 Å². The fourth-order valence-corrected chi connectivity index (χ4v) is 3.30. The molecule has 0 aromatic carbocycles. The van der Waals surface area contributed by atoms with Crippen molar-refractivity contribution in [2.24, 2.45) is 15.8 Å². The van der Waals surface area contributed by atoms with E-state index < -0.39 is 24.3 Å². The minimum Gasteiger partial charge on any atom is -0.297 e. The van der Waals surface area contributed by atoms with Crippen molar-refractivity contribution < 1.29 is 37.0 Å². The van der Waals surface area contributed by atoms with Gasteiger partial charge in [-0.1, -0.05) is 19.1 Å². The summed E-state index contributed by atoms with van der Waals surface area (Å²) in [5, 5.41) is 8.18. The number of hydrogen-bond acceptors (Lipinski definition) is 8. The normalized spacial score (nSPS) is 24.4. The molecule has 134 valence electrons. The first-order valence-corrected chi connectivity index (χ1v) is 10.0. The van der Waals surface area contributed by atoms with Gasteiger partial charge in [0.1, 0.15) is 0 Å².